The van der Waals surface area contributed by atoms with Gasteiger partial charge in [0, 0.05) is 6.42 Å². The molecule has 1 unspecified atom stereocenters. The van der Waals surface area contributed by atoms with Crippen LogP contribution in [-0.4, -0.2) is 11.7 Å². The predicted octanol–water partition coefficient (Wildman–Crippen LogP) is 4.35. The van der Waals surface area contributed by atoms with Gasteiger partial charge in [-0.3, -0.25) is 0 Å². The van der Waals surface area contributed by atoms with Crippen molar-refractivity contribution in [2.75, 3.05) is 6.61 Å². The normalized spacial score (nSPS) is 12.5. The van der Waals surface area contributed by atoms with E-state index in [1.165, 1.54) is 25.7 Å². The molecule has 84 valence electrons. The highest BCUT2D eigenvalue weighted by Crippen LogP contribution is 2.09. The first-order chi connectivity index (χ1) is 6.70. The highest BCUT2D eigenvalue weighted by Gasteiger charge is 2.04. The van der Waals surface area contributed by atoms with E-state index in [1.807, 2.05) is 0 Å². The first-order valence-corrected chi connectivity index (χ1v) is 6.27. The fourth-order valence-electron chi connectivity index (χ4n) is 1.20. The summed E-state index contributed by atoms with van der Waals surface area (Å²) in [6, 6.07) is 0. The van der Waals surface area contributed by atoms with Crippen LogP contribution in [0.2, 0.25) is 0 Å². The molecular weight excluding hydrogens is 192 g/mol. The van der Waals surface area contributed by atoms with E-state index in [0.29, 0.717) is 5.92 Å². The van der Waals surface area contributed by atoms with Gasteiger partial charge in [0.1, 0.15) is 0 Å². The molecule has 0 aromatic carbocycles. The van der Waals surface area contributed by atoms with Crippen LogP contribution in [-0.2, 0) is 4.74 Å². The van der Waals surface area contributed by atoms with Crippen LogP contribution in [0.25, 0.3) is 0 Å². The van der Waals surface area contributed by atoms with Gasteiger partial charge in [0.05, 0.1) is 6.61 Å². The molecule has 14 heavy (non-hydrogen) atoms. The number of thiocarbonyl (C=S) groups is 1. The summed E-state index contributed by atoms with van der Waals surface area (Å²) in [6.45, 7) is 7.44. The summed E-state index contributed by atoms with van der Waals surface area (Å²) in [7, 11) is 0. The van der Waals surface area contributed by atoms with Crippen LogP contribution in [0, 0.1) is 5.92 Å². The van der Waals surface area contributed by atoms with Gasteiger partial charge in [0.25, 0.3) is 0 Å². The van der Waals surface area contributed by atoms with E-state index in [1.54, 1.807) is 0 Å². The van der Waals surface area contributed by atoms with Crippen molar-refractivity contribution in [1.29, 1.82) is 0 Å². The van der Waals surface area contributed by atoms with Gasteiger partial charge in [-0.05, 0) is 24.6 Å². The predicted molar refractivity (Wildman–Crippen MR) is 66.8 cm³/mol. The van der Waals surface area contributed by atoms with Gasteiger partial charge < -0.3 is 4.74 Å². The Kier molecular flexibility index (Phi) is 9.37. The lowest BCUT2D eigenvalue weighted by atomic mass is 10.1. The van der Waals surface area contributed by atoms with E-state index < -0.39 is 0 Å². The van der Waals surface area contributed by atoms with E-state index in [4.69, 9.17) is 17.0 Å². The van der Waals surface area contributed by atoms with Crippen molar-refractivity contribution >= 4 is 17.3 Å². The molecule has 0 aromatic heterocycles. The lowest BCUT2D eigenvalue weighted by Gasteiger charge is -2.10. The van der Waals surface area contributed by atoms with Gasteiger partial charge in [-0.1, -0.05) is 46.5 Å². The maximum absolute atomic E-state index is 5.49. The Morgan fingerprint density at radius 1 is 1.21 bits per heavy atom. The first-order valence-electron chi connectivity index (χ1n) is 5.86. The highest BCUT2D eigenvalue weighted by atomic mass is 32.1. The molecule has 1 nitrogen and oxygen atoms in total. The summed E-state index contributed by atoms with van der Waals surface area (Å²) in [5.74, 6) is 0.665. The lowest BCUT2D eigenvalue weighted by molar-refractivity contribution is 0.286. The zero-order chi connectivity index (χ0) is 10.8. The lowest BCUT2D eigenvalue weighted by Crippen LogP contribution is -2.07. The van der Waals surface area contributed by atoms with Crippen molar-refractivity contribution in [2.24, 2.45) is 5.92 Å². The molecule has 1 atom stereocenters. The monoisotopic (exact) mass is 216 g/mol. The van der Waals surface area contributed by atoms with Crippen molar-refractivity contribution in [2.45, 2.75) is 59.3 Å². The Labute approximate surface area is 94.2 Å². The number of unbranched alkanes of at least 4 members (excludes halogenated alkanes) is 3. The van der Waals surface area contributed by atoms with E-state index in [0.717, 1.165) is 24.5 Å². The molecule has 0 bridgehead atoms. The first kappa shape index (κ1) is 13.9. The molecule has 0 rings (SSSR count). The SMILES string of the molecule is CCCCCCOC(=S)CC(C)CC. The summed E-state index contributed by atoms with van der Waals surface area (Å²) >= 11 is 5.15. The second kappa shape index (κ2) is 9.45. The standard InChI is InChI=1S/C12H24OS/c1-4-6-7-8-9-13-12(14)10-11(3)5-2/h11H,4-10H2,1-3H3. The van der Waals surface area contributed by atoms with Crippen molar-refractivity contribution in [3.05, 3.63) is 0 Å². The summed E-state index contributed by atoms with van der Waals surface area (Å²) < 4.78 is 5.49. The molecule has 0 radical (unpaired) electrons. The largest absolute Gasteiger partial charge is 0.487 e. The minimum atomic E-state index is 0.665. The molecule has 0 spiro atoms. The van der Waals surface area contributed by atoms with Gasteiger partial charge in [0.2, 0.25) is 0 Å². The Morgan fingerprint density at radius 2 is 1.93 bits per heavy atom. The van der Waals surface area contributed by atoms with Crippen LogP contribution in [0.3, 0.4) is 0 Å². The molecule has 0 saturated heterocycles. The number of hydrogen-bond acceptors (Lipinski definition) is 2. The molecule has 2 heteroatoms. The summed E-state index contributed by atoms with van der Waals surface area (Å²) in [5.41, 5.74) is 0. The van der Waals surface area contributed by atoms with Crippen LogP contribution in [0.1, 0.15) is 59.3 Å². The smallest absolute Gasteiger partial charge is 0.159 e. The molecule has 0 amide bonds. The van der Waals surface area contributed by atoms with Crippen LogP contribution < -0.4 is 0 Å². The molecule has 0 aliphatic rings. The fraction of sp³-hybridized carbons (Fsp3) is 0.917. The zero-order valence-electron chi connectivity index (χ0n) is 9.84. The quantitative estimate of drug-likeness (QED) is 0.441. The maximum atomic E-state index is 5.49. The Bertz CT molecular complexity index is 145. The average molecular weight is 216 g/mol. The Morgan fingerprint density at radius 3 is 2.50 bits per heavy atom. The average Bonchev–Trinajstić information content (AvgIpc) is 2.17. The zero-order valence-corrected chi connectivity index (χ0v) is 10.7. The number of rotatable bonds is 8. The van der Waals surface area contributed by atoms with Crippen molar-refractivity contribution < 1.29 is 4.74 Å². The van der Waals surface area contributed by atoms with Gasteiger partial charge in [-0.2, -0.15) is 0 Å². The van der Waals surface area contributed by atoms with Gasteiger partial charge >= 0.3 is 0 Å². The minimum absolute atomic E-state index is 0.665. The molecule has 0 fully saturated rings. The molecule has 0 aliphatic carbocycles. The molecule has 0 aromatic rings. The highest BCUT2D eigenvalue weighted by molar-refractivity contribution is 7.80. The van der Waals surface area contributed by atoms with Gasteiger partial charge in [0.15, 0.2) is 5.05 Å². The van der Waals surface area contributed by atoms with Gasteiger partial charge in [-0.15, -0.1) is 0 Å². The molecule has 0 N–H and O–H groups in total. The number of hydrogen-bond donors (Lipinski definition) is 0. The van der Waals surface area contributed by atoms with Gasteiger partial charge in [-0.25, -0.2) is 0 Å². The number of ether oxygens (including phenoxy) is 1. The Hall–Kier alpha value is -0.110. The minimum Gasteiger partial charge on any atom is -0.487 e. The van der Waals surface area contributed by atoms with Crippen molar-refractivity contribution in [3.63, 3.8) is 0 Å². The molecule has 0 heterocycles. The maximum Gasteiger partial charge on any atom is 0.159 e. The van der Waals surface area contributed by atoms with E-state index in [2.05, 4.69) is 20.8 Å². The molecule has 0 aliphatic heterocycles. The van der Waals surface area contributed by atoms with E-state index >= 15 is 0 Å². The van der Waals surface area contributed by atoms with Crippen LogP contribution in [0.4, 0.5) is 0 Å². The third-order valence-electron chi connectivity index (χ3n) is 2.47. The third-order valence-corrected chi connectivity index (χ3v) is 2.76. The summed E-state index contributed by atoms with van der Waals surface area (Å²) in [5, 5.41) is 0.802. The van der Waals surface area contributed by atoms with Crippen LogP contribution in [0.15, 0.2) is 0 Å². The van der Waals surface area contributed by atoms with E-state index in [-0.39, 0.29) is 0 Å². The van der Waals surface area contributed by atoms with Crippen LogP contribution in [0.5, 0.6) is 0 Å². The van der Waals surface area contributed by atoms with E-state index in [9.17, 15) is 0 Å². The molecule has 0 saturated carbocycles. The fourth-order valence-corrected chi connectivity index (χ4v) is 1.57. The van der Waals surface area contributed by atoms with Crippen molar-refractivity contribution in [1.82, 2.24) is 0 Å². The molecular formula is C12H24OS. The van der Waals surface area contributed by atoms with Crippen LogP contribution >= 0.6 is 12.2 Å². The summed E-state index contributed by atoms with van der Waals surface area (Å²) in [6.07, 6.45) is 7.12. The topological polar surface area (TPSA) is 9.23 Å². The third kappa shape index (κ3) is 8.49. The second-order valence-corrected chi connectivity index (χ2v) is 4.45. The Balaban J connectivity index is 3.27. The van der Waals surface area contributed by atoms with Crippen molar-refractivity contribution in [3.8, 4) is 0 Å². The second-order valence-electron chi connectivity index (χ2n) is 4.00. The summed E-state index contributed by atoms with van der Waals surface area (Å²) in [4.78, 5) is 0.